The van der Waals surface area contributed by atoms with Crippen LogP contribution in [0.25, 0.3) is 0 Å². The van der Waals surface area contributed by atoms with E-state index in [9.17, 15) is 8.78 Å². The Hall–Kier alpha value is -2.80. The molecule has 0 saturated carbocycles. The molecule has 0 aliphatic heterocycles. The molecule has 0 N–H and O–H groups in total. The number of aliphatic imine (C=N–C) groups is 1. The molecular weight excluding hydrogens is 282 g/mol. The topological polar surface area (TPSA) is 36.1 Å². The van der Waals surface area contributed by atoms with Crippen molar-refractivity contribution in [1.29, 1.82) is 5.26 Å². The molecule has 4 heteroatoms. The molecular formula is C18H14F2N2. The van der Waals surface area contributed by atoms with Crippen molar-refractivity contribution in [3.63, 3.8) is 0 Å². The zero-order chi connectivity index (χ0) is 15.9. The van der Waals surface area contributed by atoms with E-state index < -0.39 is 17.2 Å². The van der Waals surface area contributed by atoms with E-state index >= 15 is 0 Å². The highest BCUT2D eigenvalue weighted by atomic mass is 19.1. The third-order valence-electron chi connectivity index (χ3n) is 3.12. The lowest BCUT2D eigenvalue weighted by atomic mass is 10.1. The van der Waals surface area contributed by atoms with E-state index in [-0.39, 0.29) is 5.69 Å². The smallest absolute Gasteiger partial charge is 0.146 e. The van der Waals surface area contributed by atoms with Gasteiger partial charge in [-0.05, 0) is 24.0 Å². The third-order valence-corrected chi connectivity index (χ3v) is 3.12. The maximum Gasteiger partial charge on any atom is 0.146 e. The van der Waals surface area contributed by atoms with Crippen molar-refractivity contribution in [2.75, 3.05) is 0 Å². The normalized spacial score (nSPS) is 10.6. The van der Waals surface area contributed by atoms with Crippen molar-refractivity contribution in [1.82, 2.24) is 0 Å². The van der Waals surface area contributed by atoms with Crippen LogP contribution in [0.1, 0.15) is 23.1 Å². The second kappa shape index (κ2) is 7.28. The minimum Gasteiger partial charge on any atom is -0.256 e. The van der Waals surface area contributed by atoms with Gasteiger partial charge in [-0.2, -0.15) is 5.26 Å². The SMILES string of the molecule is C=CCCc1ccc(C=Nc2cc(F)c(C#N)c(F)c2)cc1. The molecule has 22 heavy (non-hydrogen) atoms. The van der Waals surface area contributed by atoms with E-state index in [2.05, 4.69) is 11.6 Å². The Bertz CT molecular complexity index is 718. The number of nitrogens with zero attached hydrogens (tertiary/aromatic N) is 2. The van der Waals surface area contributed by atoms with Crippen LogP contribution in [-0.2, 0) is 6.42 Å². The first-order chi connectivity index (χ1) is 10.6. The second-order valence-electron chi connectivity index (χ2n) is 4.72. The van der Waals surface area contributed by atoms with Gasteiger partial charge in [0.1, 0.15) is 23.3 Å². The van der Waals surface area contributed by atoms with E-state index in [0.717, 1.165) is 30.5 Å². The van der Waals surface area contributed by atoms with Crippen LogP contribution in [0.4, 0.5) is 14.5 Å². The Morgan fingerprint density at radius 1 is 1.14 bits per heavy atom. The van der Waals surface area contributed by atoms with Gasteiger partial charge in [0.15, 0.2) is 0 Å². The average Bonchev–Trinajstić information content (AvgIpc) is 2.51. The predicted octanol–water partition coefficient (Wildman–Crippen LogP) is 4.71. The summed E-state index contributed by atoms with van der Waals surface area (Å²) in [6.07, 6.45) is 5.23. The Kier molecular flexibility index (Phi) is 5.16. The molecule has 0 aromatic heterocycles. The number of allylic oxidation sites excluding steroid dienone is 1. The molecule has 2 rings (SSSR count). The van der Waals surface area contributed by atoms with Crippen LogP contribution in [0.15, 0.2) is 54.0 Å². The Labute approximate surface area is 128 Å². The molecule has 2 aromatic carbocycles. The maximum atomic E-state index is 13.5. The highest BCUT2D eigenvalue weighted by Crippen LogP contribution is 2.20. The Balaban J connectivity index is 2.15. The summed E-state index contributed by atoms with van der Waals surface area (Å²) in [4.78, 5) is 4.03. The summed E-state index contributed by atoms with van der Waals surface area (Å²) in [5, 5.41) is 8.61. The summed E-state index contributed by atoms with van der Waals surface area (Å²) in [6, 6.07) is 11.3. The molecule has 0 heterocycles. The summed E-state index contributed by atoms with van der Waals surface area (Å²) in [5.41, 5.74) is 1.55. The van der Waals surface area contributed by atoms with Crippen molar-refractivity contribution in [2.24, 2.45) is 4.99 Å². The van der Waals surface area contributed by atoms with Gasteiger partial charge < -0.3 is 0 Å². The molecule has 0 fully saturated rings. The van der Waals surface area contributed by atoms with Crippen LogP contribution in [0.3, 0.4) is 0 Å². The lowest BCUT2D eigenvalue weighted by Gasteiger charge is -2.00. The van der Waals surface area contributed by atoms with Crippen molar-refractivity contribution < 1.29 is 8.78 Å². The van der Waals surface area contributed by atoms with Crippen molar-refractivity contribution >= 4 is 11.9 Å². The quantitative estimate of drug-likeness (QED) is 0.581. The minimum absolute atomic E-state index is 0.129. The highest BCUT2D eigenvalue weighted by molar-refractivity contribution is 5.82. The molecule has 0 bridgehead atoms. The zero-order valence-electron chi connectivity index (χ0n) is 11.9. The number of rotatable bonds is 5. The molecule has 110 valence electrons. The summed E-state index contributed by atoms with van der Waals surface area (Å²) in [6.45, 7) is 3.68. The van der Waals surface area contributed by atoms with Gasteiger partial charge in [0.25, 0.3) is 0 Å². The summed E-state index contributed by atoms with van der Waals surface area (Å²) in [5.74, 6) is -1.82. The molecule has 0 spiro atoms. The van der Waals surface area contributed by atoms with Crippen LogP contribution in [0.2, 0.25) is 0 Å². The van der Waals surface area contributed by atoms with Crippen molar-refractivity contribution in [3.05, 3.63) is 77.4 Å². The number of hydrogen-bond donors (Lipinski definition) is 0. The number of halogens is 2. The fraction of sp³-hybridized carbons (Fsp3) is 0.111. The molecule has 0 atom stereocenters. The van der Waals surface area contributed by atoms with Gasteiger partial charge in [-0.25, -0.2) is 8.78 Å². The maximum absolute atomic E-state index is 13.5. The Morgan fingerprint density at radius 3 is 2.32 bits per heavy atom. The molecule has 2 nitrogen and oxygen atoms in total. The zero-order valence-corrected chi connectivity index (χ0v) is 11.9. The van der Waals surface area contributed by atoms with Gasteiger partial charge >= 0.3 is 0 Å². The van der Waals surface area contributed by atoms with Crippen LogP contribution >= 0.6 is 0 Å². The van der Waals surface area contributed by atoms with E-state index in [1.807, 2.05) is 30.3 Å². The summed E-state index contributed by atoms with van der Waals surface area (Å²) in [7, 11) is 0. The van der Waals surface area contributed by atoms with Gasteiger partial charge in [-0.3, -0.25) is 4.99 Å². The molecule has 0 unspecified atom stereocenters. The average molecular weight is 296 g/mol. The van der Waals surface area contributed by atoms with Gasteiger partial charge in [0.05, 0.1) is 5.69 Å². The molecule has 0 aliphatic rings. The molecule has 0 aliphatic carbocycles. The van der Waals surface area contributed by atoms with Crippen molar-refractivity contribution in [2.45, 2.75) is 12.8 Å². The first-order valence-corrected chi connectivity index (χ1v) is 6.77. The third kappa shape index (κ3) is 3.86. The summed E-state index contributed by atoms with van der Waals surface area (Å²) >= 11 is 0. The lowest BCUT2D eigenvalue weighted by Crippen LogP contribution is -1.90. The summed E-state index contributed by atoms with van der Waals surface area (Å²) < 4.78 is 26.9. The highest BCUT2D eigenvalue weighted by Gasteiger charge is 2.09. The predicted molar refractivity (Wildman–Crippen MR) is 83.3 cm³/mol. The van der Waals surface area contributed by atoms with Crippen LogP contribution in [-0.4, -0.2) is 6.21 Å². The van der Waals surface area contributed by atoms with Gasteiger partial charge in [0, 0.05) is 18.3 Å². The monoisotopic (exact) mass is 296 g/mol. The van der Waals surface area contributed by atoms with Gasteiger partial charge in [-0.1, -0.05) is 30.3 Å². The molecule has 0 radical (unpaired) electrons. The fourth-order valence-corrected chi connectivity index (χ4v) is 1.93. The Morgan fingerprint density at radius 2 is 1.77 bits per heavy atom. The van der Waals surface area contributed by atoms with Crippen LogP contribution in [0.5, 0.6) is 0 Å². The van der Waals surface area contributed by atoms with E-state index in [4.69, 9.17) is 5.26 Å². The number of aryl methyl sites for hydroxylation is 1. The van der Waals surface area contributed by atoms with Crippen LogP contribution < -0.4 is 0 Å². The van der Waals surface area contributed by atoms with E-state index in [1.165, 1.54) is 17.8 Å². The largest absolute Gasteiger partial charge is 0.256 e. The first-order valence-electron chi connectivity index (χ1n) is 6.77. The lowest BCUT2D eigenvalue weighted by molar-refractivity contribution is 0.577. The van der Waals surface area contributed by atoms with E-state index in [1.54, 1.807) is 0 Å². The fourth-order valence-electron chi connectivity index (χ4n) is 1.93. The standard InChI is InChI=1S/C18H14F2N2/c1-2-3-4-13-5-7-14(8-6-13)12-22-15-9-17(19)16(11-21)18(20)10-15/h2,5-10,12H,1,3-4H2. The second-order valence-corrected chi connectivity index (χ2v) is 4.72. The van der Waals surface area contributed by atoms with Crippen molar-refractivity contribution in [3.8, 4) is 6.07 Å². The first kappa shape index (κ1) is 15.6. The number of nitriles is 1. The van der Waals surface area contributed by atoms with Gasteiger partial charge in [-0.15, -0.1) is 6.58 Å². The minimum atomic E-state index is -0.908. The molecule has 0 amide bonds. The van der Waals surface area contributed by atoms with E-state index in [0.29, 0.717) is 0 Å². The number of hydrogen-bond acceptors (Lipinski definition) is 2. The number of benzene rings is 2. The van der Waals surface area contributed by atoms with Gasteiger partial charge in [0.2, 0.25) is 0 Å². The van der Waals surface area contributed by atoms with Crippen LogP contribution in [0, 0.1) is 23.0 Å². The molecule has 2 aromatic rings. The molecule has 0 saturated heterocycles.